The van der Waals surface area contributed by atoms with E-state index in [9.17, 15) is 0 Å². The molecule has 1 rings (SSSR count). The Morgan fingerprint density at radius 1 is 1.42 bits per heavy atom. The van der Waals surface area contributed by atoms with Gasteiger partial charge in [0.2, 0.25) is 0 Å². The standard InChI is InChI=1S/C8H12ClN3/c1-5(2)8-11-6(9)4-7(10-3)12-8/h4-5H,1-3H3,(H,10,11,12). The number of hydrogen-bond acceptors (Lipinski definition) is 3. The van der Waals surface area contributed by atoms with Crippen molar-refractivity contribution in [3.63, 3.8) is 0 Å². The third-order valence-corrected chi connectivity index (χ3v) is 1.68. The lowest BCUT2D eigenvalue weighted by atomic mass is 10.2. The lowest BCUT2D eigenvalue weighted by Gasteiger charge is -2.06. The Morgan fingerprint density at radius 3 is 2.58 bits per heavy atom. The molecule has 12 heavy (non-hydrogen) atoms. The summed E-state index contributed by atoms with van der Waals surface area (Å²) in [6.45, 7) is 4.07. The summed E-state index contributed by atoms with van der Waals surface area (Å²) in [6.07, 6.45) is 0. The lowest BCUT2D eigenvalue weighted by Crippen LogP contribution is -2.01. The zero-order chi connectivity index (χ0) is 9.14. The molecule has 3 nitrogen and oxygen atoms in total. The van der Waals surface area contributed by atoms with E-state index in [1.165, 1.54) is 0 Å². The van der Waals surface area contributed by atoms with Gasteiger partial charge in [0.1, 0.15) is 16.8 Å². The first-order valence-corrected chi connectivity index (χ1v) is 4.23. The number of nitrogens with one attached hydrogen (secondary N) is 1. The van der Waals surface area contributed by atoms with Crippen LogP contribution in [-0.4, -0.2) is 17.0 Å². The van der Waals surface area contributed by atoms with Crippen LogP contribution in [0.4, 0.5) is 5.82 Å². The van der Waals surface area contributed by atoms with Crippen molar-refractivity contribution in [2.45, 2.75) is 19.8 Å². The van der Waals surface area contributed by atoms with E-state index in [0.29, 0.717) is 11.1 Å². The van der Waals surface area contributed by atoms with E-state index in [2.05, 4.69) is 15.3 Å². The summed E-state index contributed by atoms with van der Waals surface area (Å²) in [5.41, 5.74) is 0. The molecule has 0 fully saturated rings. The summed E-state index contributed by atoms with van der Waals surface area (Å²) in [5.74, 6) is 1.83. The van der Waals surface area contributed by atoms with E-state index in [4.69, 9.17) is 11.6 Å². The molecule has 4 heteroatoms. The molecule has 1 heterocycles. The topological polar surface area (TPSA) is 37.8 Å². The number of aromatic nitrogens is 2. The van der Waals surface area contributed by atoms with Gasteiger partial charge >= 0.3 is 0 Å². The number of anilines is 1. The van der Waals surface area contributed by atoms with Gasteiger partial charge in [-0.25, -0.2) is 9.97 Å². The predicted octanol–water partition coefficient (Wildman–Crippen LogP) is 2.30. The van der Waals surface area contributed by atoms with Gasteiger partial charge in [0.25, 0.3) is 0 Å². The molecule has 0 unspecified atom stereocenters. The molecule has 0 atom stereocenters. The first kappa shape index (κ1) is 9.26. The first-order chi connectivity index (χ1) is 5.63. The Balaban J connectivity index is 3.06. The number of halogens is 1. The molecule has 0 radical (unpaired) electrons. The molecule has 0 aliphatic carbocycles. The van der Waals surface area contributed by atoms with Crippen LogP contribution in [0.3, 0.4) is 0 Å². The molecule has 0 aliphatic heterocycles. The molecule has 0 amide bonds. The summed E-state index contributed by atoms with van der Waals surface area (Å²) in [4.78, 5) is 8.34. The van der Waals surface area contributed by atoms with Crippen molar-refractivity contribution < 1.29 is 0 Å². The molecule has 1 N–H and O–H groups in total. The zero-order valence-corrected chi connectivity index (χ0v) is 8.18. The molecular formula is C8H12ClN3. The second kappa shape index (κ2) is 3.72. The van der Waals surface area contributed by atoms with E-state index in [1.807, 2.05) is 20.9 Å². The fraction of sp³-hybridized carbons (Fsp3) is 0.500. The van der Waals surface area contributed by atoms with Crippen LogP contribution in [0.2, 0.25) is 5.15 Å². The number of hydrogen-bond donors (Lipinski definition) is 1. The van der Waals surface area contributed by atoms with Crippen LogP contribution in [0.1, 0.15) is 25.6 Å². The maximum atomic E-state index is 5.78. The number of nitrogens with zero attached hydrogens (tertiary/aromatic N) is 2. The Labute approximate surface area is 77.2 Å². The van der Waals surface area contributed by atoms with E-state index < -0.39 is 0 Å². The largest absolute Gasteiger partial charge is 0.373 e. The third-order valence-electron chi connectivity index (χ3n) is 1.48. The molecule has 0 aliphatic rings. The third kappa shape index (κ3) is 2.08. The van der Waals surface area contributed by atoms with Gasteiger partial charge in [0.05, 0.1) is 0 Å². The van der Waals surface area contributed by atoms with E-state index >= 15 is 0 Å². The summed E-state index contributed by atoms with van der Waals surface area (Å²) >= 11 is 5.78. The highest BCUT2D eigenvalue weighted by Crippen LogP contribution is 2.16. The van der Waals surface area contributed by atoms with Crippen LogP contribution in [0, 0.1) is 0 Å². The highest BCUT2D eigenvalue weighted by Gasteiger charge is 2.05. The Morgan fingerprint density at radius 2 is 2.08 bits per heavy atom. The van der Waals surface area contributed by atoms with Crippen LogP contribution in [0.25, 0.3) is 0 Å². The predicted molar refractivity (Wildman–Crippen MR) is 50.7 cm³/mol. The van der Waals surface area contributed by atoms with Crippen molar-refractivity contribution >= 4 is 17.4 Å². The minimum Gasteiger partial charge on any atom is -0.373 e. The number of rotatable bonds is 2. The van der Waals surface area contributed by atoms with Gasteiger partial charge in [0.15, 0.2) is 0 Å². The molecule has 0 spiro atoms. The molecule has 0 saturated carbocycles. The summed E-state index contributed by atoms with van der Waals surface area (Å²) < 4.78 is 0. The molecule has 1 aromatic heterocycles. The van der Waals surface area contributed by atoms with Gasteiger partial charge in [-0.2, -0.15) is 0 Å². The fourth-order valence-corrected chi connectivity index (χ4v) is 1.01. The van der Waals surface area contributed by atoms with Gasteiger partial charge < -0.3 is 5.32 Å². The molecular weight excluding hydrogens is 174 g/mol. The van der Waals surface area contributed by atoms with Gasteiger partial charge in [-0.1, -0.05) is 25.4 Å². The smallest absolute Gasteiger partial charge is 0.134 e. The normalized spacial score (nSPS) is 10.4. The molecule has 0 aromatic carbocycles. The maximum absolute atomic E-state index is 5.78. The Kier molecular flexibility index (Phi) is 2.87. The minimum absolute atomic E-state index is 0.302. The van der Waals surface area contributed by atoms with Gasteiger partial charge in [-0.05, 0) is 0 Å². The van der Waals surface area contributed by atoms with Crippen LogP contribution in [-0.2, 0) is 0 Å². The molecule has 0 bridgehead atoms. The van der Waals surface area contributed by atoms with Gasteiger partial charge in [-0.3, -0.25) is 0 Å². The summed E-state index contributed by atoms with van der Waals surface area (Å²) in [6, 6.07) is 1.70. The summed E-state index contributed by atoms with van der Waals surface area (Å²) in [7, 11) is 1.81. The van der Waals surface area contributed by atoms with Crippen molar-refractivity contribution in [2.24, 2.45) is 0 Å². The lowest BCUT2D eigenvalue weighted by molar-refractivity contribution is 0.776. The van der Waals surface area contributed by atoms with Crippen LogP contribution in [0.15, 0.2) is 6.07 Å². The molecule has 0 saturated heterocycles. The monoisotopic (exact) mass is 185 g/mol. The van der Waals surface area contributed by atoms with Crippen LogP contribution < -0.4 is 5.32 Å². The fourth-order valence-electron chi connectivity index (χ4n) is 0.821. The quantitative estimate of drug-likeness (QED) is 0.719. The van der Waals surface area contributed by atoms with Crippen molar-refractivity contribution in [2.75, 3.05) is 12.4 Å². The highest BCUT2D eigenvalue weighted by molar-refractivity contribution is 6.29. The second-order valence-corrected chi connectivity index (χ2v) is 3.23. The average molecular weight is 186 g/mol. The highest BCUT2D eigenvalue weighted by atomic mass is 35.5. The Hall–Kier alpha value is -0.830. The van der Waals surface area contributed by atoms with E-state index in [0.717, 1.165) is 11.6 Å². The van der Waals surface area contributed by atoms with Gasteiger partial charge in [-0.15, -0.1) is 0 Å². The second-order valence-electron chi connectivity index (χ2n) is 2.84. The van der Waals surface area contributed by atoms with E-state index in [-0.39, 0.29) is 0 Å². The minimum atomic E-state index is 0.302. The van der Waals surface area contributed by atoms with E-state index in [1.54, 1.807) is 6.07 Å². The Bertz CT molecular complexity index is 273. The van der Waals surface area contributed by atoms with Crippen molar-refractivity contribution in [3.05, 3.63) is 17.0 Å². The zero-order valence-electron chi connectivity index (χ0n) is 7.43. The van der Waals surface area contributed by atoms with Gasteiger partial charge in [0, 0.05) is 19.0 Å². The van der Waals surface area contributed by atoms with Crippen molar-refractivity contribution in [3.8, 4) is 0 Å². The van der Waals surface area contributed by atoms with Crippen LogP contribution >= 0.6 is 11.6 Å². The molecule has 66 valence electrons. The summed E-state index contributed by atoms with van der Waals surface area (Å²) in [5, 5.41) is 3.41. The molecule has 1 aromatic rings. The average Bonchev–Trinajstić information content (AvgIpc) is 2.03. The SMILES string of the molecule is CNc1cc(Cl)nc(C(C)C)n1. The maximum Gasteiger partial charge on any atom is 0.134 e. The first-order valence-electron chi connectivity index (χ1n) is 3.85. The van der Waals surface area contributed by atoms with Crippen LogP contribution in [0.5, 0.6) is 0 Å². The van der Waals surface area contributed by atoms with Crippen molar-refractivity contribution in [1.82, 2.24) is 9.97 Å². The van der Waals surface area contributed by atoms with Crippen molar-refractivity contribution in [1.29, 1.82) is 0 Å².